The van der Waals surface area contributed by atoms with Crippen molar-refractivity contribution >= 4 is 35.4 Å². The van der Waals surface area contributed by atoms with E-state index in [-0.39, 0.29) is 46.6 Å². The lowest BCUT2D eigenvalue weighted by atomic mass is 10.1. The number of nitrogens with one attached hydrogen (secondary N) is 1. The number of methoxy groups -OCH3 is 1. The monoisotopic (exact) mass is 509 g/mol. The first-order valence-corrected chi connectivity index (χ1v) is 10.2. The average molecular weight is 509 g/mol. The number of ether oxygens (including phenoxy) is 2. The zero-order valence-electron chi connectivity index (χ0n) is 18.8. The number of furan rings is 1. The topological polar surface area (TPSA) is 197 Å². The van der Waals surface area contributed by atoms with Gasteiger partial charge >= 0.3 is 17.7 Å². The van der Waals surface area contributed by atoms with E-state index in [1.807, 2.05) is 0 Å². The number of hydrogen-bond acceptors (Lipinski definition) is 11. The molecule has 0 unspecified atom stereocenters. The molecule has 0 aliphatic carbocycles. The first-order chi connectivity index (χ1) is 17.7. The van der Waals surface area contributed by atoms with Gasteiger partial charge in [-0.05, 0) is 18.2 Å². The normalized spacial score (nSPS) is 14.0. The standard InChI is InChI=1S/C22H15N5O10/c1-35-21(29)17-7-6-14(36-17)11-25-20(28)15(24-22(25)30)9-12-3-2-4-16(27(33)34)19(12)37-18-8-5-13(10-23-18)26(31)32/h2-10H,11H2,1H3,(H,24,30)/b15-9-. The number of carbonyl (C=O) groups is 3. The second kappa shape index (κ2) is 9.95. The van der Waals surface area contributed by atoms with Gasteiger partial charge in [-0.15, -0.1) is 0 Å². The molecule has 1 aliphatic heterocycles. The highest BCUT2D eigenvalue weighted by Crippen LogP contribution is 2.36. The fraction of sp³-hybridized carbons (Fsp3) is 0.0909. The molecule has 0 saturated carbocycles. The van der Waals surface area contributed by atoms with Crippen LogP contribution in [0.4, 0.5) is 16.2 Å². The number of benzene rings is 1. The van der Waals surface area contributed by atoms with Gasteiger partial charge in [0, 0.05) is 23.8 Å². The van der Waals surface area contributed by atoms with E-state index in [2.05, 4.69) is 15.0 Å². The number of nitro groups is 2. The summed E-state index contributed by atoms with van der Waals surface area (Å²) in [5, 5.41) is 24.8. The maximum Gasteiger partial charge on any atom is 0.373 e. The van der Waals surface area contributed by atoms with Gasteiger partial charge in [0.1, 0.15) is 17.7 Å². The summed E-state index contributed by atoms with van der Waals surface area (Å²) in [6.07, 6.45) is 2.09. The quantitative estimate of drug-likeness (QED) is 0.154. The predicted molar refractivity (Wildman–Crippen MR) is 121 cm³/mol. The van der Waals surface area contributed by atoms with E-state index in [0.717, 1.165) is 29.3 Å². The van der Waals surface area contributed by atoms with Crippen LogP contribution in [0.25, 0.3) is 6.08 Å². The van der Waals surface area contributed by atoms with E-state index >= 15 is 0 Å². The third-order valence-corrected chi connectivity index (χ3v) is 4.98. The Morgan fingerprint density at radius 1 is 1.14 bits per heavy atom. The number of hydrogen-bond donors (Lipinski definition) is 1. The summed E-state index contributed by atoms with van der Waals surface area (Å²) in [5.74, 6) is -1.97. The molecular weight excluding hydrogens is 494 g/mol. The number of para-hydroxylation sites is 1. The third-order valence-electron chi connectivity index (χ3n) is 4.98. The summed E-state index contributed by atoms with van der Waals surface area (Å²) in [6.45, 7) is -0.302. The van der Waals surface area contributed by atoms with E-state index in [0.29, 0.717) is 0 Å². The minimum absolute atomic E-state index is 0.0471. The predicted octanol–water partition coefficient (Wildman–Crippen LogP) is 3.16. The molecule has 15 heteroatoms. The van der Waals surface area contributed by atoms with Crippen molar-refractivity contribution in [1.29, 1.82) is 0 Å². The molecule has 3 amide bonds. The van der Waals surface area contributed by atoms with Crippen LogP contribution < -0.4 is 10.1 Å². The molecule has 1 fully saturated rings. The Labute approximate surface area is 206 Å². The lowest BCUT2D eigenvalue weighted by Gasteiger charge is -2.10. The molecule has 0 spiro atoms. The Morgan fingerprint density at radius 2 is 1.92 bits per heavy atom. The molecule has 4 rings (SSSR count). The largest absolute Gasteiger partial charge is 0.463 e. The smallest absolute Gasteiger partial charge is 0.373 e. The number of pyridine rings is 1. The van der Waals surface area contributed by atoms with Crippen molar-refractivity contribution in [3.8, 4) is 11.6 Å². The second-order valence-corrected chi connectivity index (χ2v) is 7.30. The SMILES string of the molecule is COC(=O)c1ccc(CN2C(=O)N/C(=C\c3cccc([N+](=O)[O-])c3Oc3ccc([N+](=O)[O-])cn3)C2=O)o1. The molecule has 1 aliphatic rings. The number of amides is 3. The summed E-state index contributed by atoms with van der Waals surface area (Å²) in [5.41, 5.74) is -0.960. The van der Waals surface area contributed by atoms with Crippen molar-refractivity contribution in [2.45, 2.75) is 6.54 Å². The first-order valence-electron chi connectivity index (χ1n) is 10.2. The van der Waals surface area contributed by atoms with E-state index in [9.17, 15) is 34.6 Å². The maximum absolute atomic E-state index is 12.9. The summed E-state index contributed by atoms with van der Waals surface area (Å²) in [6, 6.07) is 8.09. The van der Waals surface area contributed by atoms with Gasteiger partial charge in [-0.2, -0.15) is 0 Å². The van der Waals surface area contributed by atoms with Gasteiger partial charge in [-0.25, -0.2) is 14.6 Å². The number of nitro benzene ring substituents is 1. The van der Waals surface area contributed by atoms with Crippen molar-refractivity contribution in [1.82, 2.24) is 15.2 Å². The molecule has 1 aromatic carbocycles. The van der Waals surface area contributed by atoms with Crippen LogP contribution >= 0.6 is 0 Å². The van der Waals surface area contributed by atoms with Crippen LogP contribution in [-0.4, -0.2) is 44.7 Å². The van der Waals surface area contributed by atoms with Gasteiger partial charge in [-0.1, -0.05) is 12.1 Å². The Bertz CT molecular complexity index is 1460. The van der Waals surface area contributed by atoms with E-state index in [1.165, 1.54) is 37.5 Å². The number of rotatable bonds is 8. The highest BCUT2D eigenvalue weighted by Gasteiger charge is 2.35. The Kier molecular flexibility index (Phi) is 6.59. The highest BCUT2D eigenvalue weighted by molar-refractivity contribution is 6.14. The zero-order chi connectivity index (χ0) is 26.7. The number of imide groups is 1. The second-order valence-electron chi connectivity index (χ2n) is 7.30. The zero-order valence-corrected chi connectivity index (χ0v) is 18.8. The van der Waals surface area contributed by atoms with E-state index in [4.69, 9.17) is 9.15 Å². The highest BCUT2D eigenvalue weighted by atomic mass is 16.6. The molecule has 2 aromatic heterocycles. The van der Waals surface area contributed by atoms with Crippen molar-refractivity contribution < 1.29 is 38.1 Å². The van der Waals surface area contributed by atoms with Crippen molar-refractivity contribution in [2.24, 2.45) is 0 Å². The first kappa shape index (κ1) is 24.5. The number of carbonyl (C=O) groups excluding carboxylic acids is 3. The van der Waals surface area contributed by atoms with Gasteiger partial charge in [0.05, 0.1) is 23.5 Å². The summed E-state index contributed by atoms with van der Waals surface area (Å²) in [7, 11) is 1.17. The maximum atomic E-state index is 12.9. The molecule has 1 saturated heterocycles. The molecule has 3 aromatic rings. The molecule has 0 atom stereocenters. The Balaban J connectivity index is 1.63. The van der Waals surface area contributed by atoms with Crippen molar-refractivity contribution in [2.75, 3.05) is 7.11 Å². The molecule has 15 nitrogen and oxygen atoms in total. The Morgan fingerprint density at radius 3 is 2.57 bits per heavy atom. The number of esters is 1. The van der Waals surface area contributed by atoms with E-state index in [1.54, 1.807) is 0 Å². The lowest BCUT2D eigenvalue weighted by Crippen LogP contribution is -2.30. The molecule has 1 N–H and O–H groups in total. The molecule has 3 heterocycles. The minimum Gasteiger partial charge on any atom is -0.463 e. The van der Waals surface area contributed by atoms with Crippen LogP contribution in [0, 0.1) is 20.2 Å². The van der Waals surface area contributed by atoms with Gasteiger partial charge in [0.15, 0.2) is 0 Å². The van der Waals surface area contributed by atoms with Crippen LogP contribution in [0.3, 0.4) is 0 Å². The molecule has 37 heavy (non-hydrogen) atoms. The minimum atomic E-state index is -0.794. The van der Waals surface area contributed by atoms with Crippen LogP contribution in [0.15, 0.2) is 58.8 Å². The number of nitrogens with zero attached hydrogens (tertiary/aromatic N) is 4. The van der Waals surface area contributed by atoms with Gasteiger partial charge in [0.2, 0.25) is 17.4 Å². The van der Waals surface area contributed by atoms with Gasteiger partial charge < -0.3 is 19.2 Å². The van der Waals surface area contributed by atoms with E-state index < -0.39 is 33.4 Å². The molecule has 0 bridgehead atoms. The summed E-state index contributed by atoms with van der Waals surface area (Å²) in [4.78, 5) is 62.5. The van der Waals surface area contributed by atoms with Crippen molar-refractivity contribution in [3.05, 3.63) is 91.7 Å². The Hall–Kier alpha value is -5.60. The van der Waals surface area contributed by atoms with Crippen molar-refractivity contribution in [3.63, 3.8) is 0 Å². The fourth-order valence-corrected chi connectivity index (χ4v) is 3.26. The number of urea groups is 1. The fourth-order valence-electron chi connectivity index (χ4n) is 3.26. The molecular formula is C22H15N5O10. The van der Waals surface area contributed by atoms with Crippen LogP contribution in [0.5, 0.6) is 11.6 Å². The van der Waals surface area contributed by atoms with Gasteiger partial charge in [-0.3, -0.25) is 29.9 Å². The molecule has 0 radical (unpaired) electrons. The van der Waals surface area contributed by atoms with Crippen LogP contribution in [0.2, 0.25) is 0 Å². The van der Waals surface area contributed by atoms with Gasteiger partial charge in [0.25, 0.3) is 11.6 Å². The average Bonchev–Trinajstić information content (AvgIpc) is 3.45. The summed E-state index contributed by atoms with van der Waals surface area (Å²) < 4.78 is 15.4. The summed E-state index contributed by atoms with van der Waals surface area (Å²) >= 11 is 0. The molecule has 188 valence electrons. The lowest BCUT2D eigenvalue weighted by molar-refractivity contribution is -0.385. The van der Waals surface area contributed by atoms with Crippen LogP contribution in [-0.2, 0) is 16.1 Å². The number of aromatic nitrogens is 1. The van der Waals surface area contributed by atoms with Crippen LogP contribution in [0.1, 0.15) is 21.9 Å². The third kappa shape index (κ3) is 5.09.